The molecule has 0 aliphatic rings. The van der Waals surface area contributed by atoms with Crippen LogP contribution < -0.4 is 10.5 Å². The Hall–Kier alpha value is -1.73. The molecule has 0 aliphatic carbocycles. The number of rotatable bonds is 2. The number of hydrogen-bond acceptors (Lipinski definition) is 4. The molecule has 13 heavy (non-hydrogen) atoms. The Labute approximate surface area is 76.2 Å². The molecular formula is C9H10N2O2. The van der Waals surface area contributed by atoms with Crippen LogP contribution in [0, 0.1) is 11.3 Å². The van der Waals surface area contributed by atoms with E-state index in [0.717, 1.165) is 0 Å². The van der Waals surface area contributed by atoms with Gasteiger partial charge in [-0.2, -0.15) is 5.26 Å². The lowest BCUT2D eigenvalue weighted by atomic mass is 10.1. The molecule has 0 heterocycles. The molecule has 4 nitrogen and oxygen atoms in total. The number of aromatic hydroxyl groups is 1. The second-order valence-electron chi connectivity index (χ2n) is 2.54. The fourth-order valence-corrected chi connectivity index (χ4v) is 0.975. The van der Waals surface area contributed by atoms with Crippen molar-refractivity contribution in [2.75, 3.05) is 7.11 Å². The predicted octanol–water partition coefficient (Wildman–Crippen LogP) is 0.924. The molecule has 1 aromatic rings. The zero-order valence-electron chi connectivity index (χ0n) is 7.19. The maximum Gasteiger partial charge on any atom is 0.160 e. The van der Waals surface area contributed by atoms with Crippen LogP contribution >= 0.6 is 0 Å². The third kappa shape index (κ3) is 1.89. The summed E-state index contributed by atoms with van der Waals surface area (Å²) in [5.74, 6) is 0.361. The maximum absolute atomic E-state index is 9.35. The van der Waals surface area contributed by atoms with E-state index < -0.39 is 6.04 Å². The van der Waals surface area contributed by atoms with Gasteiger partial charge >= 0.3 is 0 Å². The van der Waals surface area contributed by atoms with E-state index in [4.69, 9.17) is 15.7 Å². The molecule has 68 valence electrons. The third-order valence-electron chi connectivity index (χ3n) is 1.70. The van der Waals surface area contributed by atoms with Crippen LogP contribution in [0.25, 0.3) is 0 Å². The molecule has 4 heteroatoms. The van der Waals surface area contributed by atoms with Gasteiger partial charge in [0.05, 0.1) is 13.2 Å². The van der Waals surface area contributed by atoms with Crippen LogP contribution in [0.3, 0.4) is 0 Å². The average molecular weight is 178 g/mol. The van der Waals surface area contributed by atoms with E-state index in [9.17, 15) is 5.11 Å². The summed E-state index contributed by atoms with van der Waals surface area (Å²) in [5, 5.41) is 17.9. The minimum atomic E-state index is -0.711. The molecule has 1 atom stereocenters. The Balaban J connectivity index is 3.04. The van der Waals surface area contributed by atoms with Gasteiger partial charge in [-0.3, -0.25) is 0 Å². The number of nitrogens with zero attached hydrogens (tertiary/aromatic N) is 1. The van der Waals surface area contributed by atoms with Crippen molar-refractivity contribution in [2.45, 2.75) is 6.04 Å². The van der Waals surface area contributed by atoms with Gasteiger partial charge in [-0.15, -0.1) is 0 Å². The van der Waals surface area contributed by atoms with Crippen molar-refractivity contribution in [2.24, 2.45) is 5.73 Å². The van der Waals surface area contributed by atoms with Gasteiger partial charge in [0.2, 0.25) is 0 Å². The molecule has 0 aromatic heterocycles. The van der Waals surface area contributed by atoms with E-state index in [1.807, 2.05) is 6.07 Å². The van der Waals surface area contributed by atoms with Gasteiger partial charge < -0.3 is 15.6 Å². The molecule has 0 unspecified atom stereocenters. The first-order chi connectivity index (χ1) is 6.19. The molecule has 1 aromatic carbocycles. The highest BCUT2D eigenvalue weighted by molar-refractivity contribution is 5.43. The van der Waals surface area contributed by atoms with Gasteiger partial charge in [-0.25, -0.2) is 0 Å². The summed E-state index contributed by atoms with van der Waals surface area (Å²) in [4.78, 5) is 0. The largest absolute Gasteiger partial charge is 0.504 e. The summed E-state index contributed by atoms with van der Waals surface area (Å²) in [6.45, 7) is 0. The Kier molecular flexibility index (Phi) is 2.72. The highest BCUT2D eigenvalue weighted by Gasteiger charge is 2.07. The van der Waals surface area contributed by atoms with Crippen molar-refractivity contribution in [1.29, 1.82) is 5.26 Å². The van der Waals surface area contributed by atoms with Gasteiger partial charge in [0, 0.05) is 0 Å². The predicted molar refractivity (Wildman–Crippen MR) is 47.2 cm³/mol. The van der Waals surface area contributed by atoms with Gasteiger partial charge in [0.15, 0.2) is 11.5 Å². The first-order valence-corrected chi connectivity index (χ1v) is 3.71. The highest BCUT2D eigenvalue weighted by Crippen LogP contribution is 2.27. The monoisotopic (exact) mass is 178 g/mol. The Morgan fingerprint density at radius 3 is 2.77 bits per heavy atom. The van der Waals surface area contributed by atoms with Crippen molar-refractivity contribution in [3.05, 3.63) is 23.8 Å². The Bertz CT molecular complexity index is 344. The van der Waals surface area contributed by atoms with Gasteiger partial charge in [-0.1, -0.05) is 6.07 Å². The number of ether oxygens (including phenoxy) is 1. The molecule has 0 fully saturated rings. The van der Waals surface area contributed by atoms with Crippen LogP contribution in [0.5, 0.6) is 11.5 Å². The summed E-state index contributed by atoms with van der Waals surface area (Å²) < 4.78 is 4.84. The minimum Gasteiger partial charge on any atom is -0.504 e. The van der Waals surface area contributed by atoms with Crippen molar-refractivity contribution in [3.63, 3.8) is 0 Å². The van der Waals surface area contributed by atoms with Crippen molar-refractivity contribution in [3.8, 4) is 17.6 Å². The maximum atomic E-state index is 9.35. The lowest BCUT2D eigenvalue weighted by molar-refractivity contribution is 0.373. The second-order valence-corrected chi connectivity index (χ2v) is 2.54. The van der Waals surface area contributed by atoms with E-state index in [1.54, 1.807) is 12.1 Å². The van der Waals surface area contributed by atoms with Crippen molar-refractivity contribution in [1.82, 2.24) is 0 Å². The molecule has 0 bridgehead atoms. The van der Waals surface area contributed by atoms with Crippen LogP contribution in [-0.2, 0) is 0 Å². The van der Waals surface area contributed by atoms with E-state index in [-0.39, 0.29) is 5.75 Å². The normalized spacial score (nSPS) is 11.8. The fourth-order valence-electron chi connectivity index (χ4n) is 0.975. The summed E-state index contributed by atoms with van der Waals surface area (Å²) >= 11 is 0. The van der Waals surface area contributed by atoms with Crippen LogP contribution in [0.15, 0.2) is 18.2 Å². The summed E-state index contributed by atoms with van der Waals surface area (Å²) in [6, 6.07) is 5.80. The number of methoxy groups -OCH3 is 1. The van der Waals surface area contributed by atoms with Crippen LogP contribution in [0.1, 0.15) is 11.6 Å². The summed E-state index contributed by atoms with van der Waals surface area (Å²) in [7, 11) is 1.46. The van der Waals surface area contributed by atoms with Crippen LogP contribution in [0.4, 0.5) is 0 Å². The topological polar surface area (TPSA) is 79.3 Å². The SMILES string of the molecule is COc1ccc([C@@H](N)C#N)cc1O. The number of hydrogen-bond donors (Lipinski definition) is 2. The van der Waals surface area contributed by atoms with E-state index in [1.165, 1.54) is 13.2 Å². The number of benzene rings is 1. The van der Waals surface area contributed by atoms with E-state index in [2.05, 4.69) is 0 Å². The molecule has 0 spiro atoms. The number of phenols is 1. The Morgan fingerprint density at radius 2 is 2.31 bits per heavy atom. The molecular weight excluding hydrogens is 168 g/mol. The summed E-state index contributed by atoms with van der Waals surface area (Å²) in [6.07, 6.45) is 0. The smallest absolute Gasteiger partial charge is 0.160 e. The summed E-state index contributed by atoms with van der Waals surface area (Å²) in [5.41, 5.74) is 6.01. The van der Waals surface area contributed by atoms with Crippen molar-refractivity contribution >= 4 is 0 Å². The van der Waals surface area contributed by atoms with Gasteiger partial charge in [-0.05, 0) is 17.7 Å². The quantitative estimate of drug-likeness (QED) is 0.705. The molecule has 0 saturated carbocycles. The molecule has 0 amide bonds. The highest BCUT2D eigenvalue weighted by atomic mass is 16.5. The average Bonchev–Trinajstić information content (AvgIpc) is 2.16. The van der Waals surface area contributed by atoms with Gasteiger partial charge in [0.25, 0.3) is 0 Å². The van der Waals surface area contributed by atoms with Crippen LogP contribution in [-0.4, -0.2) is 12.2 Å². The van der Waals surface area contributed by atoms with Crippen LogP contribution in [0.2, 0.25) is 0 Å². The third-order valence-corrected chi connectivity index (χ3v) is 1.70. The van der Waals surface area contributed by atoms with Gasteiger partial charge in [0.1, 0.15) is 6.04 Å². The standard InChI is InChI=1S/C9H10N2O2/c1-13-9-3-2-6(4-8(9)12)7(11)5-10/h2-4,7,12H,11H2,1H3/t7-/m0/s1. The zero-order chi connectivity index (χ0) is 9.84. The second kappa shape index (κ2) is 3.78. The number of phenolic OH excluding ortho intramolecular Hbond substituents is 1. The lowest BCUT2D eigenvalue weighted by Crippen LogP contribution is -2.06. The first-order valence-electron chi connectivity index (χ1n) is 3.71. The fraction of sp³-hybridized carbons (Fsp3) is 0.222. The van der Waals surface area contributed by atoms with E-state index in [0.29, 0.717) is 11.3 Å². The number of nitriles is 1. The first kappa shape index (κ1) is 9.36. The lowest BCUT2D eigenvalue weighted by Gasteiger charge is -2.06. The molecule has 1 rings (SSSR count). The molecule has 0 radical (unpaired) electrons. The molecule has 3 N–H and O–H groups in total. The Morgan fingerprint density at radius 1 is 1.62 bits per heavy atom. The number of nitrogens with two attached hydrogens (primary N) is 1. The molecule has 0 aliphatic heterocycles. The zero-order valence-corrected chi connectivity index (χ0v) is 7.19. The molecule has 0 saturated heterocycles. The van der Waals surface area contributed by atoms with E-state index >= 15 is 0 Å². The van der Waals surface area contributed by atoms with Crippen molar-refractivity contribution < 1.29 is 9.84 Å². The minimum absolute atomic E-state index is 0.00861.